The third-order valence-corrected chi connectivity index (χ3v) is 4.26. The molecule has 1 fully saturated rings. The van der Waals surface area contributed by atoms with Gasteiger partial charge in [0.05, 0.1) is 11.3 Å². The number of carbonyl (C=O) groups excluding carboxylic acids is 1. The first-order valence-electron chi connectivity index (χ1n) is 5.56. The highest BCUT2D eigenvalue weighted by atomic mass is 32.2. The number of benzene rings is 1. The Morgan fingerprint density at radius 3 is 3.00 bits per heavy atom. The summed E-state index contributed by atoms with van der Waals surface area (Å²) < 4.78 is 0. The number of thioether (sulfide) groups is 1. The van der Waals surface area contributed by atoms with Crippen molar-refractivity contribution < 1.29 is 4.79 Å². The zero-order chi connectivity index (χ0) is 12.3. The highest BCUT2D eigenvalue weighted by Crippen LogP contribution is 2.28. The van der Waals surface area contributed by atoms with E-state index >= 15 is 0 Å². The largest absolute Gasteiger partial charge is 0.370 e. The van der Waals surface area contributed by atoms with Crippen molar-refractivity contribution in [3.63, 3.8) is 0 Å². The quantitative estimate of drug-likeness (QED) is 0.768. The normalized spacial score (nSPS) is 18.7. The zero-order valence-corrected chi connectivity index (χ0v) is 10.5. The summed E-state index contributed by atoms with van der Waals surface area (Å²) in [5.74, 6) is 2.29. The molecule has 2 rings (SSSR count). The van der Waals surface area contributed by atoms with Gasteiger partial charge in [-0.3, -0.25) is 4.79 Å². The van der Waals surface area contributed by atoms with E-state index in [0.29, 0.717) is 17.2 Å². The Hall–Kier alpha value is -1.47. The number of hydrogen-bond acceptors (Lipinski definition) is 4. The average molecular weight is 246 g/mol. The Morgan fingerprint density at radius 1 is 1.59 bits per heavy atom. The van der Waals surface area contributed by atoms with E-state index in [4.69, 9.17) is 5.26 Å². The Balaban J connectivity index is 2.31. The van der Waals surface area contributed by atoms with Crippen LogP contribution in [0.3, 0.4) is 0 Å². The molecule has 1 saturated heterocycles. The first kappa shape index (κ1) is 12.0. The Labute approximate surface area is 105 Å². The molecule has 88 valence electrons. The van der Waals surface area contributed by atoms with Crippen LogP contribution in [-0.2, 0) is 0 Å². The van der Waals surface area contributed by atoms with Gasteiger partial charge in [-0.1, -0.05) is 0 Å². The fourth-order valence-corrected chi connectivity index (χ4v) is 3.32. The van der Waals surface area contributed by atoms with Crippen LogP contribution in [0.1, 0.15) is 22.3 Å². The minimum Gasteiger partial charge on any atom is -0.370 e. The summed E-state index contributed by atoms with van der Waals surface area (Å²) in [4.78, 5) is 12.8. The summed E-state index contributed by atoms with van der Waals surface area (Å²) in [5, 5.41) is 9.13. The summed E-state index contributed by atoms with van der Waals surface area (Å²) in [5.41, 5.74) is 2.05. The summed E-state index contributed by atoms with van der Waals surface area (Å²) >= 11 is 1.95. The molecule has 0 radical (unpaired) electrons. The van der Waals surface area contributed by atoms with Crippen LogP contribution in [0.4, 0.5) is 5.69 Å². The second-order valence-corrected chi connectivity index (χ2v) is 5.28. The number of rotatable bonds is 3. The summed E-state index contributed by atoms with van der Waals surface area (Å²) in [6, 6.07) is 7.95. The number of nitriles is 1. The molecule has 1 aromatic carbocycles. The van der Waals surface area contributed by atoms with Crippen LogP contribution in [0.25, 0.3) is 0 Å². The Morgan fingerprint density at radius 2 is 2.41 bits per heavy atom. The van der Waals surface area contributed by atoms with Crippen molar-refractivity contribution in [2.45, 2.75) is 12.5 Å². The van der Waals surface area contributed by atoms with Gasteiger partial charge >= 0.3 is 0 Å². The Bertz CT molecular complexity index is 461. The molecule has 0 aliphatic carbocycles. The van der Waals surface area contributed by atoms with E-state index in [-0.39, 0.29) is 0 Å². The summed E-state index contributed by atoms with van der Waals surface area (Å²) in [6.07, 6.45) is 1.93. The molecule has 0 N–H and O–H groups in total. The van der Waals surface area contributed by atoms with Crippen LogP contribution in [-0.4, -0.2) is 30.9 Å². The van der Waals surface area contributed by atoms with E-state index in [1.807, 2.05) is 24.9 Å². The molecule has 1 heterocycles. The topological polar surface area (TPSA) is 44.1 Å². The summed E-state index contributed by atoms with van der Waals surface area (Å²) in [7, 11) is 2.02. The van der Waals surface area contributed by atoms with E-state index in [1.165, 1.54) is 5.75 Å². The lowest BCUT2D eigenvalue weighted by Gasteiger charge is -2.26. The lowest BCUT2D eigenvalue weighted by Crippen LogP contribution is -2.31. The average Bonchev–Trinajstić information content (AvgIpc) is 2.91. The van der Waals surface area contributed by atoms with Crippen molar-refractivity contribution in [3.05, 3.63) is 29.3 Å². The van der Waals surface area contributed by atoms with E-state index in [1.54, 1.807) is 12.1 Å². The van der Waals surface area contributed by atoms with Gasteiger partial charge in [0.1, 0.15) is 12.4 Å². The van der Waals surface area contributed by atoms with Crippen molar-refractivity contribution >= 4 is 23.7 Å². The predicted octanol–water partition coefficient (Wildman–Crippen LogP) is 2.31. The molecule has 0 saturated carbocycles. The maximum absolute atomic E-state index is 10.7. The van der Waals surface area contributed by atoms with Crippen molar-refractivity contribution in [2.75, 3.05) is 23.5 Å². The third-order valence-electron chi connectivity index (χ3n) is 3.11. The minimum atomic E-state index is 0.495. The second-order valence-electron chi connectivity index (χ2n) is 4.13. The lowest BCUT2D eigenvalue weighted by atomic mass is 10.1. The molecule has 1 aliphatic rings. The van der Waals surface area contributed by atoms with Crippen LogP contribution in [0.2, 0.25) is 0 Å². The Kier molecular flexibility index (Phi) is 3.70. The first-order valence-corrected chi connectivity index (χ1v) is 6.71. The molecule has 1 aromatic rings. The maximum atomic E-state index is 10.7. The van der Waals surface area contributed by atoms with Crippen molar-refractivity contribution in [2.24, 2.45) is 0 Å². The fraction of sp³-hybridized carbons (Fsp3) is 0.385. The SMILES string of the molecule is CN(c1ccc(C=O)cc1C#N)C1CCSC1. The van der Waals surface area contributed by atoms with Crippen molar-refractivity contribution in [1.82, 2.24) is 0 Å². The molecule has 17 heavy (non-hydrogen) atoms. The molecular formula is C13H14N2OS. The first-order chi connectivity index (χ1) is 8.26. The minimum absolute atomic E-state index is 0.495. The fourth-order valence-electron chi connectivity index (χ4n) is 2.05. The monoisotopic (exact) mass is 246 g/mol. The molecule has 1 atom stereocenters. The number of anilines is 1. The number of carbonyl (C=O) groups is 1. The van der Waals surface area contributed by atoms with E-state index in [9.17, 15) is 4.79 Å². The van der Waals surface area contributed by atoms with E-state index < -0.39 is 0 Å². The van der Waals surface area contributed by atoms with Gasteiger partial charge in [-0.05, 0) is 30.4 Å². The van der Waals surface area contributed by atoms with Gasteiger partial charge in [-0.2, -0.15) is 17.0 Å². The van der Waals surface area contributed by atoms with Gasteiger partial charge in [0.2, 0.25) is 0 Å². The number of hydrogen-bond donors (Lipinski definition) is 0. The molecule has 0 amide bonds. The van der Waals surface area contributed by atoms with Gasteiger partial charge in [-0.25, -0.2) is 0 Å². The van der Waals surface area contributed by atoms with Crippen LogP contribution in [0, 0.1) is 11.3 Å². The van der Waals surface area contributed by atoms with Gasteiger partial charge in [0.15, 0.2) is 0 Å². The molecule has 0 spiro atoms. The number of aldehydes is 1. The summed E-state index contributed by atoms with van der Waals surface area (Å²) in [6.45, 7) is 0. The smallest absolute Gasteiger partial charge is 0.150 e. The molecule has 1 unspecified atom stereocenters. The second kappa shape index (κ2) is 5.24. The van der Waals surface area contributed by atoms with Crippen molar-refractivity contribution in [3.8, 4) is 6.07 Å². The standard InChI is InChI=1S/C13H14N2OS/c1-15(12-4-5-17-9-12)13-3-2-10(8-16)6-11(13)7-14/h2-3,6,8,12H,4-5,9H2,1H3. The molecule has 1 aliphatic heterocycles. The van der Waals surface area contributed by atoms with Gasteiger partial charge in [-0.15, -0.1) is 0 Å². The molecule has 3 nitrogen and oxygen atoms in total. The predicted molar refractivity (Wildman–Crippen MR) is 70.7 cm³/mol. The van der Waals surface area contributed by atoms with E-state index in [0.717, 1.165) is 24.1 Å². The zero-order valence-electron chi connectivity index (χ0n) is 9.72. The highest BCUT2D eigenvalue weighted by molar-refractivity contribution is 7.99. The molecule has 0 bridgehead atoms. The van der Waals surface area contributed by atoms with Crippen LogP contribution >= 0.6 is 11.8 Å². The third kappa shape index (κ3) is 2.45. The van der Waals surface area contributed by atoms with Gasteiger partial charge in [0, 0.05) is 24.4 Å². The van der Waals surface area contributed by atoms with Gasteiger partial charge in [0.25, 0.3) is 0 Å². The van der Waals surface area contributed by atoms with Crippen molar-refractivity contribution in [1.29, 1.82) is 5.26 Å². The van der Waals surface area contributed by atoms with Crippen LogP contribution < -0.4 is 4.90 Å². The van der Waals surface area contributed by atoms with Gasteiger partial charge < -0.3 is 4.90 Å². The molecule has 0 aromatic heterocycles. The molecular weight excluding hydrogens is 232 g/mol. The highest BCUT2D eigenvalue weighted by Gasteiger charge is 2.22. The van der Waals surface area contributed by atoms with E-state index in [2.05, 4.69) is 11.0 Å². The maximum Gasteiger partial charge on any atom is 0.150 e. The molecule has 4 heteroatoms. The number of nitrogens with zero attached hydrogens (tertiary/aromatic N) is 2. The van der Waals surface area contributed by atoms with Crippen LogP contribution in [0.5, 0.6) is 0 Å². The van der Waals surface area contributed by atoms with Crippen LogP contribution in [0.15, 0.2) is 18.2 Å². The lowest BCUT2D eigenvalue weighted by molar-refractivity contribution is 0.112.